The molecule has 0 aliphatic carbocycles. The van der Waals surface area contributed by atoms with Crippen LogP contribution < -0.4 is 14.2 Å². The van der Waals surface area contributed by atoms with E-state index in [-0.39, 0.29) is 0 Å². The molecule has 0 aliphatic heterocycles. The van der Waals surface area contributed by atoms with Crippen LogP contribution in [-0.4, -0.2) is 27.4 Å². The van der Waals surface area contributed by atoms with Crippen molar-refractivity contribution >= 4 is 9.47 Å². The summed E-state index contributed by atoms with van der Waals surface area (Å²) >= 11 is 0. The van der Waals surface area contributed by atoms with Gasteiger partial charge in [0.1, 0.15) is 23.9 Å². The molecule has 0 saturated heterocycles. The van der Waals surface area contributed by atoms with Crippen molar-refractivity contribution in [2.75, 3.05) is 27.4 Å². The lowest BCUT2D eigenvalue weighted by Crippen LogP contribution is -2.02. The van der Waals surface area contributed by atoms with Gasteiger partial charge in [0, 0.05) is 27.7 Å². The van der Waals surface area contributed by atoms with Gasteiger partial charge in [-0.25, -0.2) is 0 Å². The first kappa shape index (κ1) is 12.1. The largest absolute Gasteiger partial charge is 0.496 e. The molecule has 0 fully saturated rings. The molecule has 1 aromatic rings. The molecule has 1 atom stereocenters. The van der Waals surface area contributed by atoms with Crippen molar-refractivity contribution in [2.45, 2.75) is 0 Å². The average Bonchev–Trinajstić information content (AvgIpc) is 2.29. The Morgan fingerprint density at radius 1 is 0.933 bits per heavy atom. The first-order valence-electron chi connectivity index (χ1n) is 4.47. The van der Waals surface area contributed by atoms with Gasteiger partial charge in [-0.3, -0.25) is 0 Å². The van der Waals surface area contributed by atoms with E-state index in [0.717, 1.165) is 0 Å². The molecule has 0 bridgehead atoms. The van der Waals surface area contributed by atoms with E-state index >= 15 is 0 Å². The van der Waals surface area contributed by atoms with Gasteiger partial charge in [0.15, 0.2) is 0 Å². The van der Waals surface area contributed by atoms with E-state index in [9.17, 15) is 0 Å². The van der Waals surface area contributed by atoms with Crippen molar-refractivity contribution in [3.63, 3.8) is 0 Å². The zero-order valence-electron chi connectivity index (χ0n) is 8.86. The van der Waals surface area contributed by atoms with Crippen LogP contribution in [0.5, 0.6) is 17.2 Å². The third kappa shape index (κ3) is 3.94. The number of benzene rings is 1. The van der Waals surface area contributed by atoms with Crippen LogP contribution in [0, 0.1) is 0 Å². The van der Waals surface area contributed by atoms with Crippen molar-refractivity contribution in [1.29, 1.82) is 0 Å². The molecule has 0 heterocycles. The summed E-state index contributed by atoms with van der Waals surface area (Å²) in [6, 6.07) is 5.38. The smallest absolute Gasteiger partial charge is 0.126 e. The Morgan fingerprint density at radius 3 is 1.93 bits per heavy atom. The molecule has 1 rings (SSSR count). The van der Waals surface area contributed by atoms with Crippen LogP contribution in [0.15, 0.2) is 18.2 Å². The Hall–Kier alpha value is -0.990. The Labute approximate surface area is 91.8 Å². The molecule has 0 spiro atoms. The minimum atomic E-state index is 0.486. The first-order chi connectivity index (χ1) is 7.30. The number of methoxy groups -OCH3 is 2. The van der Waals surface area contributed by atoms with Gasteiger partial charge >= 0.3 is 0 Å². The predicted octanol–water partition coefficient (Wildman–Crippen LogP) is 1.89. The second-order valence-corrected chi connectivity index (χ2v) is 3.10. The molecule has 5 heteroatoms. The molecule has 0 N–H and O–H groups in total. The van der Waals surface area contributed by atoms with Crippen molar-refractivity contribution in [3.8, 4) is 17.2 Å². The Kier molecular flexibility index (Phi) is 5.22. The molecule has 0 amide bonds. The van der Waals surface area contributed by atoms with Gasteiger partial charge in [-0.2, -0.15) is 0 Å². The van der Waals surface area contributed by atoms with Gasteiger partial charge in [-0.1, -0.05) is 0 Å². The van der Waals surface area contributed by atoms with Crippen LogP contribution in [0.4, 0.5) is 0 Å². The molecule has 0 aliphatic rings. The summed E-state index contributed by atoms with van der Waals surface area (Å²) in [6.45, 7) is 1.00. The standard InChI is InChI=1S/C10H15O4P/c1-11-8-5-9(12-2)7-10(6-8)13-3-4-14-15/h5-7H,3-4,15H2,1-2H3. The fourth-order valence-corrected chi connectivity index (χ4v) is 1.17. The highest BCUT2D eigenvalue weighted by Crippen LogP contribution is 2.27. The van der Waals surface area contributed by atoms with E-state index in [0.29, 0.717) is 30.5 Å². The normalized spacial score (nSPS) is 9.80. The summed E-state index contributed by atoms with van der Waals surface area (Å²) in [4.78, 5) is 0. The summed E-state index contributed by atoms with van der Waals surface area (Å²) in [5.41, 5.74) is 0. The number of rotatable bonds is 6. The monoisotopic (exact) mass is 230 g/mol. The maximum Gasteiger partial charge on any atom is 0.126 e. The van der Waals surface area contributed by atoms with E-state index in [1.807, 2.05) is 0 Å². The van der Waals surface area contributed by atoms with Gasteiger partial charge in [0.25, 0.3) is 0 Å². The van der Waals surface area contributed by atoms with Crippen LogP contribution in [0.3, 0.4) is 0 Å². The zero-order chi connectivity index (χ0) is 11.1. The van der Waals surface area contributed by atoms with E-state index in [1.165, 1.54) is 0 Å². The second-order valence-electron chi connectivity index (χ2n) is 2.77. The van der Waals surface area contributed by atoms with Gasteiger partial charge in [-0.05, 0) is 0 Å². The van der Waals surface area contributed by atoms with Crippen molar-refractivity contribution in [2.24, 2.45) is 0 Å². The minimum Gasteiger partial charge on any atom is -0.496 e. The Balaban J connectivity index is 2.68. The number of hydrogen-bond acceptors (Lipinski definition) is 4. The summed E-state index contributed by atoms with van der Waals surface area (Å²) in [5, 5.41) is 0. The van der Waals surface area contributed by atoms with E-state index < -0.39 is 0 Å². The first-order valence-corrected chi connectivity index (χ1v) is 4.95. The third-order valence-electron chi connectivity index (χ3n) is 1.79. The summed E-state index contributed by atoms with van der Waals surface area (Å²) in [6.07, 6.45) is 0. The van der Waals surface area contributed by atoms with E-state index in [1.54, 1.807) is 32.4 Å². The molecule has 0 saturated carbocycles. The quantitative estimate of drug-likeness (QED) is 0.552. The highest BCUT2D eigenvalue weighted by molar-refractivity contribution is 7.09. The fourth-order valence-electron chi connectivity index (χ4n) is 1.07. The van der Waals surface area contributed by atoms with Crippen molar-refractivity contribution in [1.82, 2.24) is 0 Å². The SMILES string of the molecule is COc1cc(OC)cc(OCCOP)c1. The molecular weight excluding hydrogens is 215 g/mol. The van der Waals surface area contributed by atoms with Gasteiger partial charge in [-0.15, -0.1) is 0 Å². The lowest BCUT2D eigenvalue weighted by Gasteiger charge is -2.09. The van der Waals surface area contributed by atoms with Gasteiger partial charge < -0.3 is 18.7 Å². The van der Waals surface area contributed by atoms with Crippen molar-refractivity contribution < 1.29 is 18.7 Å². The molecule has 15 heavy (non-hydrogen) atoms. The van der Waals surface area contributed by atoms with Gasteiger partial charge in [0.05, 0.1) is 20.8 Å². The second kappa shape index (κ2) is 6.49. The number of ether oxygens (including phenoxy) is 3. The molecule has 4 nitrogen and oxygen atoms in total. The summed E-state index contributed by atoms with van der Waals surface area (Å²) < 4.78 is 20.5. The Morgan fingerprint density at radius 2 is 1.47 bits per heavy atom. The average molecular weight is 230 g/mol. The molecular formula is C10H15O4P. The lowest BCUT2D eigenvalue weighted by atomic mass is 10.3. The molecule has 0 radical (unpaired) electrons. The topological polar surface area (TPSA) is 36.9 Å². The van der Waals surface area contributed by atoms with Gasteiger partial charge in [0.2, 0.25) is 0 Å². The maximum atomic E-state index is 5.43. The number of hydrogen-bond donors (Lipinski definition) is 0. The van der Waals surface area contributed by atoms with E-state index in [4.69, 9.17) is 18.7 Å². The minimum absolute atomic E-state index is 0.486. The lowest BCUT2D eigenvalue weighted by molar-refractivity contribution is 0.236. The van der Waals surface area contributed by atoms with Crippen molar-refractivity contribution in [3.05, 3.63) is 18.2 Å². The summed E-state index contributed by atoms with van der Waals surface area (Å²) in [7, 11) is 5.38. The van der Waals surface area contributed by atoms with E-state index in [2.05, 4.69) is 9.47 Å². The molecule has 84 valence electrons. The zero-order valence-corrected chi connectivity index (χ0v) is 10.0. The highest BCUT2D eigenvalue weighted by atomic mass is 31.0. The fraction of sp³-hybridized carbons (Fsp3) is 0.400. The Bertz CT molecular complexity index is 281. The predicted molar refractivity (Wildman–Crippen MR) is 60.7 cm³/mol. The third-order valence-corrected chi connectivity index (χ3v) is 2.03. The molecule has 0 aromatic heterocycles. The van der Waals surface area contributed by atoms with Crippen LogP contribution in [0.25, 0.3) is 0 Å². The molecule has 1 unspecified atom stereocenters. The molecule has 1 aromatic carbocycles. The van der Waals surface area contributed by atoms with Crippen LogP contribution in [0.1, 0.15) is 0 Å². The van der Waals surface area contributed by atoms with Crippen LogP contribution >= 0.6 is 9.47 Å². The highest BCUT2D eigenvalue weighted by Gasteiger charge is 2.02. The van der Waals surface area contributed by atoms with Crippen LogP contribution in [0.2, 0.25) is 0 Å². The summed E-state index contributed by atoms with van der Waals surface area (Å²) in [5.74, 6) is 2.11. The van der Waals surface area contributed by atoms with Crippen LogP contribution in [-0.2, 0) is 4.52 Å². The maximum absolute atomic E-state index is 5.43.